The van der Waals surface area contributed by atoms with Crippen LogP contribution in [-0.4, -0.2) is 59.0 Å². The molecule has 0 bridgehead atoms. The highest BCUT2D eigenvalue weighted by Crippen LogP contribution is 2.20. The predicted octanol–water partition coefficient (Wildman–Crippen LogP) is 1.97. The number of nitrogens with zero attached hydrogens (tertiary/aromatic N) is 4. The first-order valence-electron chi connectivity index (χ1n) is 8.68. The molecule has 0 saturated heterocycles. The number of hydrogen-bond donors (Lipinski definition) is 2. The van der Waals surface area contributed by atoms with Gasteiger partial charge in [-0.3, -0.25) is 0 Å². The largest absolute Gasteiger partial charge is 0.379 e. The Morgan fingerprint density at radius 1 is 1.32 bits per heavy atom. The lowest BCUT2D eigenvalue weighted by atomic mass is 9.89. The van der Waals surface area contributed by atoms with E-state index in [1.807, 2.05) is 30.3 Å². The van der Waals surface area contributed by atoms with Gasteiger partial charge in [0.1, 0.15) is 12.4 Å². The van der Waals surface area contributed by atoms with Crippen LogP contribution in [0.15, 0.2) is 4.99 Å². The Kier molecular flexibility index (Phi) is 9.27. The summed E-state index contributed by atoms with van der Waals surface area (Å²) in [5, 5.41) is 15.0. The Balaban J connectivity index is 2.70. The average molecular weight is 371 g/mol. The van der Waals surface area contributed by atoms with Gasteiger partial charge in [-0.15, -0.1) is 10.2 Å². The first-order valence-corrected chi connectivity index (χ1v) is 10.1. The number of aromatic nitrogens is 3. The smallest absolute Gasteiger partial charge is 0.191 e. The van der Waals surface area contributed by atoms with Crippen molar-refractivity contribution < 1.29 is 4.74 Å². The Morgan fingerprint density at radius 3 is 2.56 bits per heavy atom. The standard InChI is InChI=1S/C17H34N6OS/c1-13-21-22-15(23(13)5)12-20-16(18-9-8-10-25-7)19-11-14(24-6)17(2,3)4/h14H,8-12H2,1-7H3,(H2,18,19,20). The minimum atomic E-state index is 0.0619. The molecule has 0 radical (unpaired) electrons. The summed E-state index contributed by atoms with van der Waals surface area (Å²) in [6.45, 7) is 10.5. The lowest BCUT2D eigenvalue weighted by molar-refractivity contribution is 0.0205. The summed E-state index contributed by atoms with van der Waals surface area (Å²) >= 11 is 1.85. The van der Waals surface area contributed by atoms with Gasteiger partial charge in [-0.1, -0.05) is 20.8 Å². The van der Waals surface area contributed by atoms with Crippen molar-refractivity contribution >= 4 is 17.7 Å². The number of ether oxygens (including phenoxy) is 1. The molecule has 1 aromatic rings. The number of guanidine groups is 1. The molecule has 0 aliphatic heterocycles. The number of methoxy groups -OCH3 is 1. The maximum Gasteiger partial charge on any atom is 0.191 e. The zero-order valence-electron chi connectivity index (χ0n) is 16.7. The van der Waals surface area contributed by atoms with Gasteiger partial charge in [-0.25, -0.2) is 4.99 Å². The van der Waals surface area contributed by atoms with Gasteiger partial charge in [-0.2, -0.15) is 11.8 Å². The third kappa shape index (κ3) is 7.64. The van der Waals surface area contributed by atoms with Crippen molar-refractivity contribution in [1.82, 2.24) is 25.4 Å². The van der Waals surface area contributed by atoms with Crippen molar-refractivity contribution in [3.05, 3.63) is 11.6 Å². The Labute approximate surface area is 156 Å². The van der Waals surface area contributed by atoms with Crippen molar-refractivity contribution in [2.45, 2.75) is 46.8 Å². The van der Waals surface area contributed by atoms with Gasteiger partial charge >= 0.3 is 0 Å². The van der Waals surface area contributed by atoms with E-state index in [9.17, 15) is 0 Å². The zero-order chi connectivity index (χ0) is 18.9. The number of aliphatic imine (C=N–C) groups is 1. The molecule has 1 rings (SSSR count). The van der Waals surface area contributed by atoms with Crippen LogP contribution in [0.3, 0.4) is 0 Å². The molecule has 0 aromatic carbocycles. The summed E-state index contributed by atoms with van der Waals surface area (Å²) < 4.78 is 7.58. The molecule has 2 N–H and O–H groups in total. The summed E-state index contributed by atoms with van der Waals surface area (Å²) in [6.07, 6.45) is 3.32. The van der Waals surface area contributed by atoms with Gasteiger partial charge in [0.2, 0.25) is 0 Å². The minimum Gasteiger partial charge on any atom is -0.379 e. The second-order valence-electron chi connectivity index (χ2n) is 7.13. The molecule has 7 nitrogen and oxygen atoms in total. The number of rotatable bonds is 9. The Hall–Kier alpha value is -1.28. The minimum absolute atomic E-state index is 0.0619. The third-order valence-corrected chi connectivity index (χ3v) is 4.78. The normalized spacial score (nSPS) is 13.8. The second-order valence-corrected chi connectivity index (χ2v) is 8.12. The van der Waals surface area contributed by atoms with E-state index in [4.69, 9.17) is 4.74 Å². The van der Waals surface area contributed by atoms with Gasteiger partial charge in [-0.05, 0) is 30.8 Å². The molecule has 1 aromatic heterocycles. The highest BCUT2D eigenvalue weighted by atomic mass is 32.2. The summed E-state index contributed by atoms with van der Waals surface area (Å²) in [7, 11) is 3.71. The van der Waals surface area contributed by atoms with E-state index in [0.29, 0.717) is 13.1 Å². The van der Waals surface area contributed by atoms with Gasteiger partial charge in [0, 0.05) is 27.2 Å². The van der Waals surface area contributed by atoms with E-state index in [2.05, 4.69) is 52.9 Å². The van der Waals surface area contributed by atoms with Crippen molar-refractivity contribution in [3.8, 4) is 0 Å². The lowest BCUT2D eigenvalue weighted by Gasteiger charge is -2.30. The molecule has 25 heavy (non-hydrogen) atoms. The fraction of sp³-hybridized carbons (Fsp3) is 0.824. The van der Waals surface area contributed by atoms with Crippen LogP contribution in [0.2, 0.25) is 0 Å². The van der Waals surface area contributed by atoms with Gasteiger partial charge in [0.05, 0.1) is 6.10 Å². The second kappa shape index (κ2) is 10.7. The van der Waals surface area contributed by atoms with Crippen molar-refractivity contribution in [2.75, 3.05) is 32.2 Å². The Morgan fingerprint density at radius 2 is 2.04 bits per heavy atom. The molecule has 144 valence electrons. The summed E-state index contributed by atoms with van der Waals surface area (Å²) in [5.74, 6) is 3.65. The zero-order valence-corrected chi connectivity index (χ0v) is 17.5. The van der Waals surface area contributed by atoms with Gasteiger partial charge < -0.3 is 19.9 Å². The maximum atomic E-state index is 5.62. The van der Waals surface area contributed by atoms with Crippen molar-refractivity contribution in [3.63, 3.8) is 0 Å². The first-order chi connectivity index (χ1) is 11.8. The summed E-state index contributed by atoms with van der Waals surface area (Å²) in [6, 6.07) is 0. The molecule has 1 unspecified atom stereocenters. The number of thioether (sulfide) groups is 1. The van der Waals surface area contributed by atoms with Crippen LogP contribution in [0.4, 0.5) is 0 Å². The molecule has 0 fully saturated rings. The van der Waals surface area contributed by atoms with Crippen LogP contribution in [0, 0.1) is 12.3 Å². The molecule has 0 saturated carbocycles. The fourth-order valence-electron chi connectivity index (χ4n) is 2.27. The van der Waals surface area contributed by atoms with Gasteiger partial charge in [0.15, 0.2) is 11.8 Å². The lowest BCUT2D eigenvalue weighted by Crippen LogP contribution is -2.45. The quantitative estimate of drug-likeness (QED) is 0.393. The molecule has 8 heteroatoms. The van der Waals surface area contributed by atoms with E-state index in [-0.39, 0.29) is 11.5 Å². The molecule has 0 aliphatic carbocycles. The Bertz CT molecular complexity index is 538. The fourth-order valence-corrected chi connectivity index (χ4v) is 2.70. The molecule has 1 atom stereocenters. The van der Waals surface area contributed by atoms with Crippen molar-refractivity contribution in [2.24, 2.45) is 17.5 Å². The molecule has 0 amide bonds. The average Bonchev–Trinajstić information content (AvgIpc) is 2.86. The highest BCUT2D eigenvalue weighted by molar-refractivity contribution is 7.98. The summed E-state index contributed by atoms with van der Waals surface area (Å²) in [4.78, 5) is 4.66. The first kappa shape index (κ1) is 21.8. The number of hydrogen-bond acceptors (Lipinski definition) is 5. The number of nitrogens with one attached hydrogen (secondary N) is 2. The summed E-state index contributed by atoms with van der Waals surface area (Å²) in [5.41, 5.74) is 0.0619. The molecular formula is C17H34N6OS. The SMILES string of the molecule is COC(CNC(=NCc1nnc(C)n1C)NCCCSC)C(C)(C)C. The van der Waals surface area contributed by atoms with Crippen LogP contribution in [0.25, 0.3) is 0 Å². The maximum absolute atomic E-state index is 5.62. The van der Waals surface area contributed by atoms with E-state index >= 15 is 0 Å². The van der Waals surface area contributed by atoms with Crippen LogP contribution in [0.5, 0.6) is 0 Å². The third-order valence-electron chi connectivity index (χ3n) is 4.08. The molecular weight excluding hydrogens is 336 g/mol. The molecule has 1 heterocycles. The van der Waals surface area contributed by atoms with Crippen LogP contribution in [-0.2, 0) is 18.3 Å². The monoisotopic (exact) mass is 370 g/mol. The van der Waals surface area contributed by atoms with E-state index in [0.717, 1.165) is 36.3 Å². The molecule has 0 spiro atoms. The number of aryl methyl sites for hydroxylation is 1. The van der Waals surface area contributed by atoms with Crippen molar-refractivity contribution in [1.29, 1.82) is 0 Å². The predicted molar refractivity (Wildman–Crippen MR) is 106 cm³/mol. The van der Waals surface area contributed by atoms with Crippen LogP contribution < -0.4 is 10.6 Å². The molecule has 0 aliphatic rings. The van der Waals surface area contributed by atoms with E-state index < -0.39 is 0 Å². The highest BCUT2D eigenvalue weighted by Gasteiger charge is 2.24. The van der Waals surface area contributed by atoms with E-state index in [1.165, 1.54) is 0 Å². The van der Waals surface area contributed by atoms with Gasteiger partial charge in [0.25, 0.3) is 0 Å². The topological polar surface area (TPSA) is 76.4 Å². The van der Waals surface area contributed by atoms with E-state index in [1.54, 1.807) is 7.11 Å². The van der Waals surface area contributed by atoms with Crippen LogP contribution in [0.1, 0.15) is 38.8 Å². The van der Waals surface area contributed by atoms with Crippen LogP contribution >= 0.6 is 11.8 Å².